The Labute approximate surface area is 388 Å². The summed E-state index contributed by atoms with van der Waals surface area (Å²) < 4.78 is 44.0. The maximum absolute atomic E-state index is 13.3. The molecular formula is C58H56O7Si. The van der Waals surface area contributed by atoms with Gasteiger partial charge >= 0.3 is 0 Å². The molecule has 10 rings (SSSR count). The van der Waals surface area contributed by atoms with Gasteiger partial charge in [-0.15, -0.1) is 0 Å². The van der Waals surface area contributed by atoms with E-state index < -0.39 is 51.0 Å². The van der Waals surface area contributed by atoms with Gasteiger partial charge in [0.1, 0.15) is 47.4 Å². The molecule has 0 saturated carbocycles. The summed E-state index contributed by atoms with van der Waals surface area (Å²) in [7, 11) is -3.03. The van der Waals surface area contributed by atoms with Crippen molar-refractivity contribution in [2.75, 3.05) is 6.61 Å². The van der Waals surface area contributed by atoms with E-state index in [0.29, 0.717) is 17.9 Å². The van der Waals surface area contributed by atoms with Crippen molar-refractivity contribution in [3.05, 3.63) is 188 Å². The van der Waals surface area contributed by atoms with E-state index in [1.807, 2.05) is 72.8 Å². The van der Waals surface area contributed by atoms with Gasteiger partial charge in [-0.25, -0.2) is 0 Å². The van der Waals surface area contributed by atoms with Gasteiger partial charge in [-0.2, -0.15) is 0 Å². The van der Waals surface area contributed by atoms with E-state index in [4.69, 9.17) is 28.1 Å². The Morgan fingerprint density at radius 1 is 0.530 bits per heavy atom. The molecule has 66 heavy (non-hydrogen) atoms. The molecule has 0 amide bonds. The number of carbonyl (C=O) groups is 1. The molecule has 7 atom stereocenters. The second-order valence-corrected chi connectivity index (χ2v) is 23.0. The fourth-order valence-electron chi connectivity index (χ4n) is 10.3. The SMILES string of the molecule is CC(=O)C[C@@H]1O[C@H]2C[C@@H](Oc3cccc4ccccc34)[C@H](CO[Si](c3ccccc3)(c3ccccc3)C(C)(C)C)O[C@H]2[C@H](Oc2cccc3ccccc23)[C@H]1Oc1cccc2ccccc12. The zero-order valence-electron chi connectivity index (χ0n) is 37.9. The monoisotopic (exact) mass is 892 g/mol. The molecule has 0 N–H and O–H groups in total. The molecule has 0 spiro atoms. The van der Waals surface area contributed by atoms with E-state index in [1.54, 1.807) is 6.92 Å². The van der Waals surface area contributed by atoms with E-state index in [2.05, 4.69) is 136 Å². The Morgan fingerprint density at radius 3 is 1.45 bits per heavy atom. The van der Waals surface area contributed by atoms with Gasteiger partial charge in [0.2, 0.25) is 0 Å². The summed E-state index contributed by atoms with van der Waals surface area (Å²) in [4.78, 5) is 13.3. The Kier molecular flexibility index (Phi) is 12.2. The lowest BCUT2D eigenvalue weighted by molar-refractivity contribution is -0.271. The second-order valence-electron chi connectivity index (χ2n) is 18.7. The number of ether oxygens (including phenoxy) is 5. The molecule has 334 valence electrons. The molecule has 0 radical (unpaired) electrons. The van der Waals surface area contributed by atoms with Crippen LogP contribution in [0.4, 0.5) is 0 Å². The molecule has 0 unspecified atom stereocenters. The Hall–Kier alpha value is -6.29. The smallest absolute Gasteiger partial charge is 0.261 e. The van der Waals surface area contributed by atoms with Crippen LogP contribution in [-0.4, -0.2) is 63.4 Å². The number of rotatable bonds is 13. The van der Waals surface area contributed by atoms with Gasteiger partial charge in [0, 0.05) is 29.0 Å². The van der Waals surface area contributed by atoms with Gasteiger partial charge in [0.25, 0.3) is 8.32 Å². The van der Waals surface area contributed by atoms with Crippen LogP contribution in [0.3, 0.4) is 0 Å². The third-order valence-electron chi connectivity index (χ3n) is 13.4. The van der Waals surface area contributed by atoms with Crippen molar-refractivity contribution in [1.82, 2.24) is 0 Å². The zero-order valence-corrected chi connectivity index (χ0v) is 38.9. The number of ketones is 1. The molecule has 2 heterocycles. The number of Topliss-reactive ketones (excluding diaryl/α,β-unsaturated/α-hetero) is 1. The summed E-state index contributed by atoms with van der Waals surface area (Å²) in [5.74, 6) is 2.13. The van der Waals surface area contributed by atoms with Crippen LogP contribution in [0, 0.1) is 0 Å². The van der Waals surface area contributed by atoms with Crippen LogP contribution >= 0.6 is 0 Å². The Balaban J connectivity index is 1.10. The van der Waals surface area contributed by atoms with Crippen LogP contribution in [0.5, 0.6) is 17.2 Å². The highest BCUT2D eigenvalue weighted by atomic mass is 28.4. The van der Waals surface area contributed by atoms with Crippen molar-refractivity contribution in [2.45, 2.75) is 88.3 Å². The predicted molar refractivity (Wildman–Crippen MR) is 266 cm³/mol. The molecule has 2 aliphatic heterocycles. The molecule has 2 aliphatic rings. The summed E-state index contributed by atoms with van der Waals surface area (Å²) in [6, 6.07) is 64.3. The molecule has 8 aromatic carbocycles. The number of fused-ring (bicyclic) bond motifs is 4. The molecule has 7 nitrogen and oxygen atoms in total. The van der Waals surface area contributed by atoms with Gasteiger partial charge in [0.05, 0.1) is 12.7 Å². The van der Waals surface area contributed by atoms with Crippen LogP contribution in [-0.2, 0) is 18.7 Å². The van der Waals surface area contributed by atoms with Crippen LogP contribution in [0.2, 0.25) is 5.04 Å². The third kappa shape index (κ3) is 8.51. The van der Waals surface area contributed by atoms with Gasteiger partial charge < -0.3 is 28.1 Å². The number of benzene rings is 8. The zero-order chi connectivity index (χ0) is 45.3. The minimum atomic E-state index is -3.03. The molecule has 2 saturated heterocycles. The number of hydrogen-bond acceptors (Lipinski definition) is 7. The Bertz CT molecular complexity index is 2900. The third-order valence-corrected chi connectivity index (χ3v) is 18.4. The summed E-state index contributed by atoms with van der Waals surface area (Å²) >= 11 is 0. The highest BCUT2D eigenvalue weighted by molar-refractivity contribution is 6.99. The largest absolute Gasteiger partial charge is 0.487 e. The van der Waals surface area contributed by atoms with E-state index >= 15 is 0 Å². The molecule has 8 heteroatoms. The molecule has 2 fully saturated rings. The summed E-state index contributed by atoms with van der Waals surface area (Å²) in [6.07, 6.45) is -3.77. The first kappa shape index (κ1) is 43.6. The van der Waals surface area contributed by atoms with E-state index in [9.17, 15) is 4.79 Å². The second kappa shape index (κ2) is 18.5. The number of carbonyl (C=O) groups excluding carboxylic acids is 1. The average Bonchev–Trinajstić information content (AvgIpc) is 3.33. The lowest BCUT2D eigenvalue weighted by Crippen LogP contribution is -2.69. The molecule has 0 aromatic heterocycles. The van der Waals surface area contributed by atoms with Crippen molar-refractivity contribution in [3.63, 3.8) is 0 Å². The van der Waals surface area contributed by atoms with E-state index in [1.165, 1.54) is 10.4 Å². The minimum absolute atomic E-state index is 0.00857. The standard InChI is InChI=1S/C58H56O7Si/c1-39(59)36-52-55(63-49-34-18-24-41-21-12-15-31-46(41)49)57(64-50-35-19-25-42-22-13-16-32-47(42)50)56-53(62-52)37-51(61-48-33-17-23-40-20-11-14-30-45(40)48)54(65-56)38-60-66(58(2,3)4,43-26-7-5-8-27-43)44-28-9-6-10-29-44/h5-35,51-57H,36-38H2,1-4H3/t51-,52+,53+,54+,55+,56-,57-/m1/s1. The predicted octanol–water partition coefficient (Wildman–Crippen LogP) is 11.3. The lowest BCUT2D eigenvalue weighted by Gasteiger charge is -2.51. The number of hydrogen-bond donors (Lipinski definition) is 0. The molecule has 0 bridgehead atoms. The van der Waals surface area contributed by atoms with Gasteiger partial charge in [-0.05, 0) is 56.7 Å². The Morgan fingerprint density at radius 2 is 0.970 bits per heavy atom. The van der Waals surface area contributed by atoms with Crippen molar-refractivity contribution < 1.29 is 32.9 Å². The average molecular weight is 893 g/mol. The first-order chi connectivity index (χ1) is 32.2. The summed E-state index contributed by atoms with van der Waals surface area (Å²) in [5.41, 5.74) is 0. The maximum Gasteiger partial charge on any atom is 0.261 e. The van der Waals surface area contributed by atoms with Gasteiger partial charge in [0.15, 0.2) is 12.2 Å². The first-order valence-corrected chi connectivity index (χ1v) is 25.1. The topological polar surface area (TPSA) is 72.5 Å². The maximum atomic E-state index is 13.3. The lowest BCUT2D eigenvalue weighted by atomic mass is 9.86. The van der Waals surface area contributed by atoms with Crippen LogP contribution in [0.25, 0.3) is 32.3 Å². The fraction of sp³-hybridized carbons (Fsp3) is 0.259. The summed E-state index contributed by atoms with van der Waals surface area (Å²) in [6.45, 7) is 8.70. The van der Waals surface area contributed by atoms with Crippen molar-refractivity contribution in [2.24, 2.45) is 0 Å². The quantitative estimate of drug-likeness (QED) is 0.107. The van der Waals surface area contributed by atoms with Crippen LogP contribution < -0.4 is 24.6 Å². The minimum Gasteiger partial charge on any atom is -0.487 e. The first-order valence-electron chi connectivity index (χ1n) is 23.1. The van der Waals surface area contributed by atoms with Crippen molar-refractivity contribution in [3.8, 4) is 17.2 Å². The van der Waals surface area contributed by atoms with Gasteiger partial charge in [-0.1, -0.05) is 191 Å². The molecule has 8 aromatic rings. The highest BCUT2D eigenvalue weighted by Gasteiger charge is 2.56. The van der Waals surface area contributed by atoms with E-state index in [-0.39, 0.29) is 23.8 Å². The normalized spacial score (nSPS) is 22.2. The molecular weight excluding hydrogens is 837 g/mol. The van der Waals surface area contributed by atoms with Crippen molar-refractivity contribution in [1.29, 1.82) is 0 Å². The highest BCUT2D eigenvalue weighted by Crippen LogP contribution is 2.43. The van der Waals surface area contributed by atoms with Crippen molar-refractivity contribution >= 4 is 56.8 Å². The fourth-order valence-corrected chi connectivity index (χ4v) is 14.9. The van der Waals surface area contributed by atoms with E-state index in [0.717, 1.165) is 38.1 Å². The van der Waals surface area contributed by atoms with Crippen LogP contribution in [0.15, 0.2) is 188 Å². The van der Waals surface area contributed by atoms with Gasteiger partial charge in [-0.3, -0.25) is 4.79 Å². The molecule has 0 aliphatic carbocycles. The summed E-state index contributed by atoms with van der Waals surface area (Å²) in [5, 5.41) is 8.19. The van der Waals surface area contributed by atoms with Crippen LogP contribution in [0.1, 0.15) is 40.5 Å².